The molecule has 4 aliphatic carbocycles. The van der Waals surface area contributed by atoms with Crippen molar-refractivity contribution in [3.63, 3.8) is 0 Å². The van der Waals surface area contributed by atoms with E-state index in [-0.39, 0.29) is 39.8 Å². The Labute approximate surface area is 211 Å². The van der Waals surface area contributed by atoms with Gasteiger partial charge in [-0.2, -0.15) is 0 Å². The number of alkyl halides is 1. The molecule has 0 amide bonds. The summed E-state index contributed by atoms with van der Waals surface area (Å²) in [7, 11) is 0. The monoisotopic (exact) mass is 532 g/mol. The SMILES string of the molecule is CC(=O)OC1CC[C@]2(C)[C@H]3CC[C@]4(C)C(OC(=O)c5ccccc5)CC[C@H]4[C@@H]3CC(Br)C2(O)C1. The number of carbonyl (C=O) groups is 2. The highest BCUT2D eigenvalue weighted by Gasteiger charge is 2.67. The number of esters is 2. The molecule has 5 rings (SSSR count). The number of ether oxygens (including phenoxy) is 2. The zero-order chi connectivity index (χ0) is 24.3. The molecule has 0 aliphatic heterocycles. The summed E-state index contributed by atoms with van der Waals surface area (Å²) < 4.78 is 11.7. The average Bonchev–Trinajstić information content (AvgIpc) is 3.12. The van der Waals surface area contributed by atoms with Gasteiger partial charge in [-0.15, -0.1) is 0 Å². The van der Waals surface area contributed by atoms with E-state index in [9.17, 15) is 14.7 Å². The summed E-state index contributed by atoms with van der Waals surface area (Å²) >= 11 is 3.90. The summed E-state index contributed by atoms with van der Waals surface area (Å²) in [5.74, 6) is 0.895. The summed E-state index contributed by atoms with van der Waals surface area (Å²) in [6.45, 7) is 6.05. The summed E-state index contributed by atoms with van der Waals surface area (Å²) in [6.07, 6.45) is 6.82. The molecule has 34 heavy (non-hydrogen) atoms. The Morgan fingerprint density at radius 1 is 1.00 bits per heavy atom. The normalized spacial score (nSPS) is 45.4. The molecule has 4 aliphatic rings. The fraction of sp³-hybridized carbons (Fsp3) is 0.714. The van der Waals surface area contributed by atoms with Crippen LogP contribution < -0.4 is 0 Å². The molecule has 4 saturated carbocycles. The number of fused-ring (bicyclic) bond motifs is 5. The number of hydrogen-bond acceptors (Lipinski definition) is 5. The predicted octanol–water partition coefficient (Wildman–Crippen LogP) is 5.67. The lowest BCUT2D eigenvalue weighted by molar-refractivity contribution is -0.220. The van der Waals surface area contributed by atoms with Crippen LogP contribution in [0.1, 0.15) is 82.5 Å². The van der Waals surface area contributed by atoms with E-state index in [1.165, 1.54) is 6.92 Å². The van der Waals surface area contributed by atoms with Crippen molar-refractivity contribution in [2.24, 2.45) is 28.6 Å². The van der Waals surface area contributed by atoms with Gasteiger partial charge in [0.25, 0.3) is 0 Å². The number of benzene rings is 1. The van der Waals surface area contributed by atoms with Crippen molar-refractivity contribution in [2.75, 3.05) is 0 Å². The maximum atomic E-state index is 12.8. The largest absolute Gasteiger partial charge is 0.462 e. The highest BCUT2D eigenvalue weighted by molar-refractivity contribution is 9.09. The van der Waals surface area contributed by atoms with Crippen LogP contribution in [0.4, 0.5) is 0 Å². The Balaban J connectivity index is 1.36. The van der Waals surface area contributed by atoms with Crippen LogP contribution in [0.3, 0.4) is 0 Å². The molecular formula is C28H37BrO5. The molecule has 1 aromatic carbocycles. The van der Waals surface area contributed by atoms with Crippen molar-refractivity contribution in [1.82, 2.24) is 0 Å². The predicted molar refractivity (Wildman–Crippen MR) is 132 cm³/mol. The molecule has 0 aromatic heterocycles. The Hall–Kier alpha value is -1.40. The van der Waals surface area contributed by atoms with Crippen LogP contribution in [0, 0.1) is 28.6 Å². The van der Waals surface area contributed by atoms with Crippen LogP contribution in [-0.2, 0) is 14.3 Å². The third-order valence-corrected chi connectivity index (χ3v) is 11.4. The Morgan fingerprint density at radius 2 is 1.74 bits per heavy atom. The molecule has 6 heteroatoms. The van der Waals surface area contributed by atoms with Crippen LogP contribution in [0.5, 0.6) is 0 Å². The zero-order valence-electron chi connectivity index (χ0n) is 20.5. The molecule has 1 aromatic rings. The van der Waals surface area contributed by atoms with Gasteiger partial charge in [-0.1, -0.05) is 48.0 Å². The quantitative estimate of drug-likeness (QED) is 0.400. The van der Waals surface area contributed by atoms with Crippen molar-refractivity contribution in [2.45, 2.75) is 94.8 Å². The topological polar surface area (TPSA) is 72.8 Å². The van der Waals surface area contributed by atoms with Gasteiger partial charge in [0.15, 0.2) is 0 Å². The second kappa shape index (κ2) is 8.62. The van der Waals surface area contributed by atoms with Gasteiger partial charge in [-0.25, -0.2) is 4.79 Å². The van der Waals surface area contributed by atoms with Gasteiger partial charge in [0.05, 0.1) is 11.2 Å². The fourth-order valence-corrected chi connectivity index (χ4v) is 9.59. The third kappa shape index (κ3) is 3.66. The summed E-state index contributed by atoms with van der Waals surface area (Å²) in [5, 5.41) is 12.0. The lowest BCUT2D eigenvalue weighted by Crippen LogP contribution is -2.67. The van der Waals surface area contributed by atoms with Crippen LogP contribution in [-0.4, -0.2) is 39.7 Å². The van der Waals surface area contributed by atoms with Crippen LogP contribution in [0.2, 0.25) is 0 Å². The fourth-order valence-electron chi connectivity index (χ4n) is 8.45. The first kappa shape index (κ1) is 24.3. The lowest BCUT2D eigenvalue weighted by atomic mass is 9.43. The van der Waals surface area contributed by atoms with E-state index in [4.69, 9.17) is 9.47 Å². The van der Waals surface area contributed by atoms with E-state index < -0.39 is 5.60 Å². The average molecular weight is 534 g/mol. The van der Waals surface area contributed by atoms with E-state index in [1.807, 2.05) is 30.3 Å². The summed E-state index contributed by atoms with van der Waals surface area (Å²) in [6, 6.07) is 9.29. The minimum absolute atomic E-state index is 0.0287. The molecule has 186 valence electrons. The summed E-state index contributed by atoms with van der Waals surface area (Å²) in [4.78, 5) is 24.4. The Morgan fingerprint density at radius 3 is 2.44 bits per heavy atom. The highest BCUT2D eigenvalue weighted by atomic mass is 79.9. The van der Waals surface area contributed by atoms with Crippen LogP contribution in [0.15, 0.2) is 30.3 Å². The van der Waals surface area contributed by atoms with Gasteiger partial charge >= 0.3 is 11.9 Å². The molecular weight excluding hydrogens is 496 g/mol. The number of aliphatic hydroxyl groups is 1. The first-order valence-electron chi connectivity index (χ1n) is 12.9. The van der Waals surface area contributed by atoms with Crippen molar-refractivity contribution in [1.29, 1.82) is 0 Å². The minimum atomic E-state index is -0.891. The molecule has 0 saturated heterocycles. The number of carbonyl (C=O) groups excluding carboxylic acids is 2. The number of halogens is 1. The number of rotatable bonds is 3. The van der Waals surface area contributed by atoms with E-state index in [1.54, 1.807) is 0 Å². The molecule has 4 unspecified atom stereocenters. The Bertz CT molecular complexity index is 951. The van der Waals surface area contributed by atoms with E-state index in [0.717, 1.165) is 44.9 Å². The van der Waals surface area contributed by atoms with E-state index in [2.05, 4.69) is 29.8 Å². The molecule has 0 heterocycles. The zero-order valence-corrected chi connectivity index (χ0v) is 22.1. The molecule has 0 radical (unpaired) electrons. The maximum absolute atomic E-state index is 12.8. The standard InChI is InChI=1S/C28H37BrO5/c1-17(30)33-19-11-14-27(3)22-12-13-26(2)21(20(22)15-23(29)28(27,32)16-19)9-10-24(26)34-25(31)18-7-5-4-6-8-18/h4-8,19-24,32H,9-16H2,1-3H3/t19?,20-,21-,22-,23?,24?,26-,27+,28?/m0/s1. The minimum Gasteiger partial charge on any atom is -0.462 e. The smallest absolute Gasteiger partial charge is 0.338 e. The molecule has 5 nitrogen and oxygen atoms in total. The van der Waals surface area contributed by atoms with Crippen molar-refractivity contribution in [3.05, 3.63) is 35.9 Å². The molecule has 9 atom stereocenters. The van der Waals surface area contributed by atoms with Gasteiger partial charge in [0, 0.05) is 29.0 Å². The van der Waals surface area contributed by atoms with Crippen molar-refractivity contribution < 1.29 is 24.2 Å². The molecule has 4 fully saturated rings. The van der Waals surface area contributed by atoms with Gasteiger partial charge < -0.3 is 14.6 Å². The first-order chi connectivity index (χ1) is 16.1. The molecule has 0 spiro atoms. The van der Waals surface area contributed by atoms with Gasteiger partial charge in [0.1, 0.15) is 12.2 Å². The first-order valence-corrected chi connectivity index (χ1v) is 13.8. The van der Waals surface area contributed by atoms with Gasteiger partial charge in [0.2, 0.25) is 0 Å². The molecule has 0 bridgehead atoms. The number of hydrogen-bond donors (Lipinski definition) is 1. The third-order valence-electron chi connectivity index (χ3n) is 10.3. The summed E-state index contributed by atoms with van der Waals surface area (Å²) in [5.41, 5.74) is -0.526. The van der Waals surface area contributed by atoms with E-state index >= 15 is 0 Å². The second-order valence-electron chi connectivity index (χ2n) is 11.8. The van der Waals surface area contributed by atoms with Gasteiger partial charge in [-0.05, 0) is 74.8 Å². The highest BCUT2D eigenvalue weighted by Crippen LogP contribution is 2.68. The van der Waals surface area contributed by atoms with Crippen LogP contribution >= 0.6 is 15.9 Å². The second-order valence-corrected chi connectivity index (χ2v) is 12.9. The maximum Gasteiger partial charge on any atom is 0.338 e. The van der Waals surface area contributed by atoms with E-state index in [0.29, 0.717) is 29.7 Å². The molecule has 1 N–H and O–H groups in total. The lowest BCUT2D eigenvalue weighted by Gasteiger charge is -2.65. The van der Waals surface area contributed by atoms with Crippen LogP contribution in [0.25, 0.3) is 0 Å². The van der Waals surface area contributed by atoms with Gasteiger partial charge in [-0.3, -0.25) is 4.79 Å². The van der Waals surface area contributed by atoms with Crippen molar-refractivity contribution in [3.8, 4) is 0 Å². The Kier molecular flexibility index (Phi) is 6.16. The van der Waals surface area contributed by atoms with Crippen molar-refractivity contribution >= 4 is 27.9 Å².